The highest BCUT2D eigenvalue weighted by atomic mass is 16.1. The molecular weight excluding hydrogens is 224 g/mol. The van der Waals surface area contributed by atoms with Crippen molar-refractivity contribution in [2.45, 2.75) is 13.5 Å². The molecule has 0 aliphatic rings. The van der Waals surface area contributed by atoms with E-state index >= 15 is 0 Å². The molecule has 0 atom stereocenters. The number of rotatable bonds is 2. The van der Waals surface area contributed by atoms with Crippen molar-refractivity contribution in [3.63, 3.8) is 0 Å². The Morgan fingerprint density at radius 2 is 2.06 bits per heavy atom. The van der Waals surface area contributed by atoms with Crippen molar-refractivity contribution in [2.24, 2.45) is 0 Å². The molecule has 2 heterocycles. The van der Waals surface area contributed by atoms with Gasteiger partial charge in [0.05, 0.1) is 5.52 Å². The Kier molecular flexibility index (Phi) is 2.33. The first-order valence-corrected chi connectivity index (χ1v) is 5.93. The third-order valence-electron chi connectivity index (χ3n) is 3.21. The molecule has 0 N–H and O–H groups in total. The van der Waals surface area contributed by atoms with E-state index in [1.54, 1.807) is 10.6 Å². The van der Waals surface area contributed by atoms with Crippen LogP contribution in [0.5, 0.6) is 0 Å². The highest BCUT2D eigenvalue weighted by Gasteiger charge is 2.09. The van der Waals surface area contributed by atoms with Gasteiger partial charge in [0.1, 0.15) is 5.52 Å². The first-order chi connectivity index (χ1) is 8.72. The Bertz CT molecular complexity index is 808. The molecule has 0 aliphatic carbocycles. The van der Waals surface area contributed by atoms with E-state index in [2.05, 4.69) is 6.58 Å². The number of aryl methyl sites for hydroxylation is 1. The van der Waals surface area contributed by atoms with Gasteiger partial charge < -0.3 is 8.97 Å². The smallest absolute Gasteiger partial charge is 0.275 e. The zero-order valence-corrected chi connectivity index (χ0v) is 10.3. The average Bonchev–Trinajstić information content (AvgIpc) is 2.76. The number of allylic oxidation sites excluding steroid dienone is 1. The number of fused-ring (bicyclic) bond motifs is 3. The van der Waals surface area contributed by atoms with Crippen molar-refractivity contribution in [1.82, 2.24) is 8.97 Å². The topological polar surface area (TPSA) is 26.4 Å². The minimum Gasteiger partial charge on any atom is -0.308 e. The summed E-state index contributed by atoms with van der Waals surface area (Å²) in [6, 6.07) is 9.98. The molecule has 0 aliphatic heterocycles. The van der Waals surface area contributed by atoms with E-state index in [1.807, 2.05) is 47.9 Å². The summed E-state index contributed by atoms with van der Waals surface area (Å²) in [5.41, 5.74) is 2.87. The Labute approximate surface area is 105 Å². The van der Waals surface area contributed by atoms with Crippen LogP contribution in [0.2, 0.25) is 0 Å². The molecule has 0 unspecified atom stereocenters. The second kappa shape index (κ2) is 3.88. The molecule has 3 heteroatoms. The zero-order valence-electron chi connectivity index (χ0n) is 10.3. The molecule has 3 rings (SSSR count). The van der Waals surface area contributed by atoms with Crippen LogP contribution in [0.25, 0.3) is 16.4 Å². The molecule has 0 fully saturated rings. The van der Waals surface area contributed by atoms with Gasteiger partial charge in [0.2, 0.25) is 0 Å². The lowest BCUT2D eigenvalue weighted by atomic mass is 10.2. The molecular formula is C15H14N2O. The number of aromatic nitrogens is 2. The predicted octanol–water partition coefficient (Wildman–Crippen LogP) is 2.75. The normalized spacial score (nSPS) is 11.2. The van der Waals surface area contributed by atoms with Gasteiger partial charge in [0.15, 0.2) is 0 Å². The standard InChI is InChI=1S/C15H14N2O/c1-3-8-16-10-11(2)17-13-7-5-4-6-12(13)9-14(17)15(16)18/h3-7,9-10H,1,8H2,2H3. The van der Waals surface area contributed by atoms with E-state index in [4.69, 9.17) is 0 Å². The van der Waals surface area contributed by atoms with E-state index < -0.39 is 0 Å². The van der Waals surface area contributed by atoms with E-state index in [9.17, 15) is 4.79 Å². The second-order valence-electron chi connectivity index (χ2n) is 4.44. The molecule has 3 nitrogen and oxygen atoms in total. The van der Waals surface area contributed by atoms with Gasteiger partial charge in [-0.3, -0.25) is 4.79 Å². The summed E-state index contributed by atoms with van der Waals surface area (Å²) in [5, 5.41) is 1.09. The van der Waals surface area contributed by atoms with Crippen LogP contribution in [0.3, 0.4) is 0 Å². The van der Waals surface area contributed by atoms with Gasteiger partial charge in [-0.25, -0.2) is 0 Å². The van der Waals surface area contributed by atoms with Crippen LogP contribution in [-0.4, -0.2) is 8.97 Å². The largest absolute Gasteiger partial charge is 0.308 e. The summed E-state index contributed by atoms with van der Waals surface area (Å²) in [4.78, 5) is 12.3. The van der Waals surface area contributed by atoms with Crippen LogP contribution in [0.15, 0.2) is 54.0 Å². The highest BCUT2D eigenvalue weighted by Crippen LogP contribution is 2.19. The molecule has 0 bridgehead atoms. The van der Waals surface area contributed by atoms with Crippen LogP contribution in [0, 0.1) is 6.92 Å². The number of hydrogen-bond acceptors (Lipinski definition) is 1. The summed E-state index contributed by atoms with van der Waals surface area (Å²) >= 11 is 0. The quantitative estimate of drug-likeness (QED) is 0.630. The SMILES string of the molecule is C=CCn1cc(C)n2c(cc3ccccc32)c1=O. The molecule has 0 saturated heterocycles. The average molecular weight is 238 g/mol. The molecule has 0 amide bonds. The third kappa shape index (κ3) is 1.40. The molecule has 90 valence electrons. The van der Waals surface area contributed by atoms with Crippen molar-refractivity contribution in [2.75, 3.05) is 0 Å². The predicted molar refractivity (Wildman–Crippen MR) is 74.1 cm³/mol. The van der Waals surface area contributed by atoms with Gasteiger partial charge in [-0.05, 0) is 19.1 Å². The fourth-order valence-corrected chi connectivity index (χ4v) is 2.46. The maximum atomic E-state index is 12.3. The monoisotopic (exact) mass is 238 g/mol. The first kappa shape index (κ1) is 10.8. The minimum atomic E-state index is 0.0247. The first-order valence-electron chi connectivity index (χ1n) is 5.93. The van der Waals surface area contributed by atoms with Gasteiger partial charge in [0, 0.05) is 23.8 Å². The Morgan fingerprint density at radius 1 is 1.28 bits per heavy atom. The minimum absolute atomic E-state index is 0.0247. The lowest BCUT2D eigenvalue weighted by Gasteiger charge is -2.07. The number of nitrogens with zero attached hydrogens (tertiary/aromatic N) is 2. The van der Waals surface area contributed by atoms with Crippen molar-refractivity contribution < 1.29 is 0 Å². The summed E-state index contributed by atoms with van der Waals surface area (Å²) < 4.78 is 3.70. The van der Waals surface area contributed by atoms with E-state index in [0.29, 0.717) is 6.54 Å². The Balaban J connectivity index is 2.51. The highest BCUT2D eigenvalue weighted by molar-refractivity contribution is 5.87. The lowest BCUT2D eigenvalue weighted by Crippen LogP contribution is -2.21. The fourth-order valence-electron chi connectivity index (χ4n) is 2.46. The molecule has 3 aromatic rings. The van der Waals surface area contributed by atoms with Gasteiger partial charge >= 0.3 is 0 Å². The van der Waals surface area contributed by atoms with Crippen LogP contribution in [-0.2, 0) is 6.54 Å². The lowest BCUT2D eigenvalue weighted by molar-refractivity contribution is 0.764. The maximum absolute atomic E-state index is 12.3. The number of hydrogen-bond donors (Lipinski definition) is 0. The second-order valence-corrected chi connectivity index (χ2v) is 4.44. The van der Waals surface area contributed by atoms with Gasteiger partial charge in [-0.15, -0.1) is 6.58 Å². The molecule has 1 aromatic carbocycles. The molecule has 0 spiro atoms. The van der Waals surface area contributed by atoms with Crippen molar-refractivity contribution >= 4 is 16.4 Å². The van der Waals surface area contributed by atoms with Crippen LogP contribution in [0.4, 0.5) is 0 Å². The Hall–Kier alpha value is -2.29. The van der Waals surface area contributed by atoms with Crippen LogP contribution >= 0.6 is 0 Å². The summed E-state index contributed by atoms with van der Waals surface area (Å²) in [5.74, 6) is 0. The van der Waals surface area contributed by atoms with E-state index in [-0.39, 0.29) is 5.56 Å². The van der Waals surface area contributed by atoms with Gasteiger partial charge in [0.25, 0.3) is 5.56 Å². The molecule has 18 heavy (non-hydrogen) atoms. The van der Waals surface area contributed by atoms with Gasteiger partial charge in [-0.1, -0.05) is 24.3 Å². The Morgan fingerprint density at radius 3 is 2.83 bits per heavy atom. The molecule has 0 saturated carbocycles. The molecule has 0 radical (unpaired) electrons. The van der Waals surface area contributed by atoms with E-state index in [0.717, 1.165) is 22.1 Å². The van der Waals surface area contributed by atoms with Crippen molar-refractivity contribution in [1.29, 1.82) is 0 Å². The van der Waals surface area contributed by atoms with E-state index in [1.165, 1.54) is 0 Å². The molecule has 2 aromatic heterocycles. The van der Waals surface area contributed by atoms with Crippen molar-refractivity contribution in [3.8, 4) is 0 Å². The number of para-hydroxylation sites is 1. The summed E-state index contributed by atoms with van der Waals surface area (Å²) in [6.45, 7) is 6.23. The van der Waals surface area contributed by atoms with Crippen molar-refractivity contribution in [3.05, 3.63) is 65.2 Å². The summed E-state index contributed by atoms with van der Waals surface area (Å²) in [6.07, 6.45) is 3.61. The number of benzene rings is 1. The van der Waals surface area contributed by atoms with Gasteiger partial charge in [-0.2, -0.15) is 0 Å². The summed E-state index contributed by atoms with van der Waals surface area (Å²) in [7, 11) is 0. The maximum Gasteiger partial charge on any atom is 0.275 e. The van der Waals surface area contributed by atoms with Crippen LogP contribution < -0.4 is 5.56 Å². The fraction of sp³-hybridized carbons (Fsp3) is 0.133. The zero-order chi connectivity index (χ0) is 12.7. The third-order valence-corrected chi connectivity index (χ3v) is 3.21. The van der Waals surface area contributed by atoms with Crippen LogP contribution in [0.1, 0.15) is 5.69 Å².